The van der Waals surface area contributed by atoms with Gasteiger partial charge in [-0.1, -0.05) is 48.0 Å². The molecule has 29 heavy (non-hydrogen) atoms. The molecule has 0 spiro atoms. The van der Waals surface area contributed by atoms with Crippen LogP contribution in [0, 0.1) is 0 Å². The van der Waals surface area contributed by atoms with E-state index in [1.54, 1.807) is 6.20 Å². The molecule has 0 aliphatic rings. The predicted molar refractivity (Wildman–Crippen MR) is 113 cm³/mol. The number of aryl methyl sites for hydroxylation is 1. The summed E-state index contributed by atoms with van der Waals surface area (Å²) in [5, 5.41) is 12.1. The zero-order valence-corrected chi connectivity index (χ0v) is 16.9. The van der Waals surface area contributed by atoms with E-state index in [2.05, 4.69) is 20.5 Å². The summed E-state index contributed by atoms with van der Waals surface area (Å²) in [5.41, 5.74) is 1.88. The third kappa shape index (κ3) is 5.07. The molecule has 0 aliphatic heterocycles. The third-order valence-corrected chi connectivity index (χ3v) is 5.46. The van der Waals surface area contributed by atoms with Gasteiger partial charge >= 0.3 is 0 Å². The number of hydrogen-bond donors (Lipinski definition) is 1. The summed E-state index contributed by atoms with van der Waals surface area (Å²) in [7, 11) is 0. The Morgan fingerprint density at radius 2 is 1.86 bits per heavy atom. The Morgan fingerprint density at radius 1 is 1.07 bits per heavy atom. The highest BCUT2D eigenvalue weighted by molar-refractivity contribution is 7.15. The monoisotopic (exact) mass is 424 g/mol. The van der Waals surface area contributed by atoms with Crippen LogP contribution in [0.2, 0.25) is 5.02 Å². The summed E-state index contributed by atoms with van der Waals surface area (Å²) in [6, 6.07) is 17.2. The van der Waals surface area contributed by atoms with E-state index in [1.165, 1.54) is 11.3 Å². The lowest BCUT2D eigenvalue weighted by molar-refractivity contribution is -0.116. The molecule has 0 saturated carbocycles. The highest BCUT2D eigenvalue weighted by Crippen LogP contribution is 2.25. The maximum Gasteiger partial charge on any atom is 0.247 e. The molecule has 2 heterocycles. The summed E-state index contributed by atoms with van der Waals surface area (Å²) in [4.78, 5) is 17.5. The third-order valence-electron chi connectivity index (χ3n) is 4.18. The van der Waals surface area contributed by atoms with Gasteiger partial charge in [-0.2, -0.15) is 0 Å². The minimum absolute atomic E-state index is 0.150. The summed E-state index contributed by atoms with van der Waals surface area (Å²) < 4.78 is 5.62. The van der Waals surface area contributed by atoms with Crippen LogP contribution in [0.15, 0.2) is 65.2 Å². The second kappa shape index (κ2) is 8.98. The second-order valence-electron chi connectivity index (χ2n) is 6.32. The molecule has 2 aromatic heterocycles. The molecule has 0 unspecified atom stereocenters. The van der Waals surface area contributed by atoms with Crippen molar-refractivity contribution < 1.29 is 9.21 Å². The molecule has 0 fully saturated rings. The van der Waals surface area contributed by atoms with Crippen LogP contribution in [-0.4, -0.2) is 21.1 Å². The highest BCUT2D eigenvalue weighted by atomic mass is 35.5. The molecule has 0 atom stereocenters. The lowest BCUT2D eigenvalue weighted by atomic mass is 10.1. The summed E-state index contributed by atoms with van der Waals surface area (Å²) in [5.74, 6) is 0.728. The molecule has 2 aromatic carbocycles. The molecule has 4 rings (SSSR count). The zero-order valence-electron chi connectivity index (χ0n) is 15.3. The number of carbonyl (C=O) groups is 1. The van der Waals surface area contributed by atoms with Crippen molar-refractivity contribution in [3.8, 4) is 11.5 Å². The van der Waals surface area contributed by atoms with Crippen LogP contribution < -0.4 is 5.32 Å². The van der Waals surface area contributed by atoms with E-state index in [4.69, 9.17) is 16.0 Å². The van der Waals surface area contributed by atoms with Gasteiger partial charge in [-0.25, -0.2) is 4.98 Å². The van der Waals surface area contributed by atoms with Crippen LogP contribution in [0.5, 0.6) is 0 Å². The zero-order chi connectivity index (χ0) is 20.1. The molecule has 0 radical (unpaired) electrons. The molecular weight excluding hydrogens is 408 g/mol. The highest BCUT2D eigenvalue weighted by Gasteiger charge is 2.12. The number of amides is 1. The number of halogens is 1. The van der Waals surface area contributed by atoms with E-state index in [-0.39, 0.29) is 12.3 Å². The van der Waals surface area contributed by atoms with Gasteiger partial charge in [-0.3, -0.25) is 4.79 Å². The number of benzene rings is 2. The molecule has 1 amide bonds. The van der Waals surface area contributed by atoms with Gasteiger partial charge in [-0.05, 0) is 23.8 Å². The van der Waals surface area contributed by atoms with Crippen molar-refractivity contribution in [2.75, 3.05) is 5.32 Å². The van der Waals surface area contributed by atoms with Crippen LogP contribution in [0.25, 0.3) is 11.5 Å². The summed E-state index contributed by atoms with van der Waals surface area (Å²) in [6.07, 6.45) is 3.03. The standard InChI is InChI=1S/C21H17ClN4O2S/c22-17-9-5-4-8-15(17)12-16-13-23-21(29-16)24-18(27)10-11-19-25-26-20(28-19)14-6-2-1-3-7-14/h1-9,13H,10-12H2,(H,23,24,27). The van der Waals surface area contributed by atoms with Crippen LogP contribution in [0.3, 0.4) is 0 Å². The Hall–Kier alpha value is -3.03. The van der Waals surface area contributed by atoms with Gasteiger partial charge in [0.2, 0.25) is 17.7 Å². The van der Waals surface area contributed by atoms with Crippen molar-refractivity contribution in [2.24, 2.45) is 0 Å². The van der Waals surface area contributed by atoms with Crippen LogP contribution in [0.1, 0.15) is 22.8 Å². The number of aromatic nitrogens is 3. The van der Waals surface area contributed by atoms with E-state index < -0.39 is 0 Å². The van der Waals surface area contributed by atoms with Gasteiger partial charge in [0.15, 0.2) is 5.13 Å². The molecule has 8 heteroatoms. The minimum atomic E-state index is -0.150. The average Bonchev–Trinajstić information content (AvgIpc) is 3.38. The van der Waals surface area contributed by atoms with Crippen molar-refractivity contribution in [1.29, 1.82) is 0 Å². The van der Waals surface area contributed by atoms with Crippen molar-refractivity contribution in [1.82, 2.24) is 15.2 Å². The predicted octanol–water partition coefficient (Wildman–Crippen LogP) is 5.01. The van der Waals surface area contributed by atoms with Crippen LogP contribution in [-0.2, 0) is 17.6 Å². The second-order valence-corrected chi connectivity index (χ2v) is 7.84. The Kier molecular flexibility index (Phi) is 5.97. The van der Waals surface area contributed by atoms with Crippen molar-refractivity contribution in [3.63, 3.8) is 0 Å². The lowest BCUT2D eigenvalue weighted by Crippen LogP contribution is -2.12. The van der Waals surface area contributed by atoms with E-state index in [0.717, 1.165) is 21.0 Å². The normalized spacial score (nSPS) is 10.8. The molecule has 0 aliphatic carbocycles. The van der Waals surface area contributed by atoms with Gasteiger partial charge in [0.1, 0.15) is 0 Å². The first-order chi connectivity index (χ1) is 14.2. The van der Waals surface area contributed by atoms with Gasteiger partial charge in [-0.15, -0.1) is 21.5 Å². The Labute approximate surface area is 176 Å². The minimum Gasteiger partial charge on any atom is -0.421 e. The topological polar surface area (TPSA) is 80.9 Å². The number of hydrogen-bond acceptors (Lipinski definition) is 6. The smallest absolute Gasteiger partial charge is 0.247 e. The number of anilines is 1. The van der Waals surface area contributed by atoms with Crippen molar-refractivity contribution in [3.05, 3.63) is 82.1 Å². The van der Waals surface area contributed by atoms with Crippen molar-refractivity contribution >= 4 is 34.0 Å². The van der Waals surface area contributed by atoms with E-state index in [9.17, 15) is 4.79 Å². The number of nitrogens with zero attached hydrogens (tertiary/aromatic N) is 3. The summed E-state index contributed by atoms with van der Waals surface area (Å²) >= 11 is 7.63. The maximum atomic E-state index is 12.2. The summed E-state index contributed by atoms with van der Waals surface area (Å²) in [6.45, 7) is 0. The average molecular weight is 425 g/mol. The van der Waals surface area contributed by atoms with Gasteiger partial charge < -0.3 is 9.73 Å². The first-order valence-electron chi connectivity index (χ1n) is 9.03. The molecule has 4 aromatic rings. The van der Waals surface area contributed by atoms with Gasteiger partial charge in [0.05, 0.1) is 0 Å². The molecular formula is C21H17ClN4O2S. The fourth-order valence-corrected chi connectivity index (χ4v) is 3.78. The lowest BCUT2D eigenvalue weighted by Gasteiger charge is -2.01. The molecule has 1 N–H and O–H groups in total. The number of nitrogens with one attached hydrogen (secondary N) is 1. The fraction of sp³-hybridized carbons (Fsp3) is 0.143. The van der Waals surface area contributed by atoms with Crippen LogP contribution in [0.4, 0.5) is 5.13 Å². The van der Waals surface area contributed by atoms with Crippen molar-refractivity contribution in [2.45, 2.75) is 19.3 Å². The van der Waals surface area contributed by atoms with Crippen LogP contribution >= 0.6 is 22.9 Å². The molecule has 6 nitrogen and oxygen atoms in total. The molecule has 0 bridgehead atoms. The Morgan fingerprint density at radius 3 is 2.69 bits per heavy atom. The first-order valence-corrected chi connectivity index (χ1v) is 10.2. The fourth-order valence-electron chi connectivity index (χ4n) is 2.73. The SMILES string of the molecule is O=C(CCc1nnc(-c2ccccc2)o1)Nc1ncc(Cc2ccccc2Cl)s1. The van der Waals surface area contributed by atoms with Gasteiger partial charge in [0.25, 0.3) is 0 Å². The largest absolute Gasteiger partial charge is 0.421 e. The molecule has 146 valence electrons. The number of rotatable bonds is 7. The quantitative estimate of drug-likeness (QED) is 0.451. The maximum absolute atomic E-state index is 12.2. The number of thiazole rings is 1. The first kappa shape index (κ1) is 19.3. The molecule has 0 saturated heterocycles. The number of carbonyl (C=O) groups excluding carboxylic acids is 1. The van der Waals surface area contributed by atoms with E-state index in [1.807, 2.05) is 54.6 Å². The Balaban J connectivity index is 1.30. The van der Waals surface area contributed by atoms with Gasteiger partial charge in [0, 0.05) is 40.9 Å². The van der Waals surface area contributed by atoms with E-state index in [0.29, 0.717) is 29.8 Å². The van der Waals surface area contributed by atoms with E-state index >= 15 is 0 Å². The Bertz CT molecular complexity index is 1110.